The molecule has 2 N–H and O–H groups in total. The molecule has 1 aromatic rings. The van der Waals surface area contributed by atoms with E-state index < -0.39 is 46.3 Å². The van der Waals surface area contributed by atoms with Crippen LogP contribution < -0.4 is 5.73 Å². The Hall–Kier alpha value is -2.53. The van der Waals surface area contributed by atoms with Crippen molar-refractivity contribution in [2.75, 3.05) is 26.2 Å². The summed E-state index contributed by atoms with van der Waals surface area (Å²) in [6.45, 7) is -0.792. The first kappa shape index (κ1) is 17.3. The Bertz CT molecular complexity index is 841. The van der Waals surface area contributed by atoms with Crippen LogP contribution in [0, 0.1) is 5.82 Å². The molecule has 0 radical (unpaired) electrons. The Morgan fingerprint density at radius 1 is 1.20 bits per heavy atom. The lowest BCUT2D eigenvalue weighted by atomic mass is 10.2. The maximum absolute atomic E-state index is 13.0. The molecule has 0 spiro atoms. The number of hydrogen-bond donors (Lipinski definition) is 1. The van der Waals surface area contributed by atoms with E-state index in [0.29, 0.717) is 0 Å². The van der Waals surface area contributed by atoms with Crippen molar-refractivity contribution in [3.05, 3.63) is 30.1 Å². The van der Waals surface area contributed by atoms with Gasteiger partial charge in [-0.2, -0.15) is 4.31 Å². The van der Waals surface area contributed by atoms with E-state index in [1.165, 1.54) is 4.90 Å². The summed E-state index contributed by atoms with van der Waals surface area (Å²) in [4.78, 5) is 37.3. The van der Waals surface area contributed by atoms with Gasteiger partial charge < -0.3 is 10.6 Å². The highest BCUT2D eigenvalue weighted by molar-refractivity contribution is 7.89. The fraction of sp³-hybridized carbons (Fsp3) is 0.357. The molecule has 1 aromatic carbocycles. The first-order chi connectivity index (χ1) is 11.7. The fourth-order valence-corrected chi connectivity index (χ4v) is 4.34. The van der Waals surface area contributed by atoms with Gasteiger partial charge in [0.05, 0.1) is 4.90 Å². The number of piperazine rings is 1. The minimum absolute atomic E-state index is 0.00489. The van der Waals surface area contributed by atoms with Crippen molar-refractivity contribution in [3.8, 4) is 0 Å². The molecule has 9 nitrogen and oxygen atoms in total. The van der Waals surface area contributed by atoms with Crippen LogP contribution in [0.15, 0.2) is 29.2 Å². The summed E-state index contributed by atoms with van der Waals surface area (Å²) in [6, 6.07) is 2.67. The number of halogens is 1. The number of imide groups is 1. The number of nitrogens with two attached hydrogens (primary N) is 1. The number of benzene rings is 1. The van der Waals surface area contributed by atoms with E-state index in [9.17, 15) is 27.2 Å². The summed E-state index contributed by atoms with van der Waals surface area (Å²) < 4.78 is 39.3. The third-order valence-corrected chi connectivity index (χ3v) is 6.02. The predicted molar refractivity (Wildman–Crippen MR) is 82.0 cm³/mol. The van der Waals surface area contributed by atoms with Gasteiger partial charge in [0.25, 0.3) is 5.91 Å². The van der Waals surface area contributed by atoms with Crippen molar-refractivity contribution in [1.29, 1.82) is 0 Å². The zero-order valence-electron chi connectivity index (χ0n) is 13.0. The Kier molecular flexibility index (Phi) is 4.21. The van der Waals surface area contributed by atoms with Gasteiger partial charge in [-0.05, 0) is 24.3 Å². The van der Waals surface area contributed by atoms with Crippen LogP contribution >= 0.6 is 0 Å². The Balaban J connectivity index is 1.83. The van der Waals surface area contributed by atoms with Crippen LogP contribution in [-0.2, 0) is 19.6 Å². The van der Waals surface area contributed by atoms with Gasteiger partial charge in [-0.15, -0.1) is 0 Å². The van der Waals surface area contributed by atoms with E-state index in [1.807, 2.05) is 0 Å². The third kappa shape index (κ3) is 2.96. The van der Waals surface area contributed by atoms with Gasteiger partial charge in [0.1, 0.15) is 18.4 Å². The zero-order valence-corrected chi connectivity index (χ0v) is 13.8. The van der Waals surface area contributed by atoms with Crippen molar-refractivity contribution in [2.24, 2.45) is 5.73 Å². The molecule has 2 saturated heterocycles. The predicted octanol–water partition coefficient (Wildman–Crippen LogP) is -1.05. The summed E-state index contributed by atoms with van der Waals surface area (Å²) in [6.07, 6.45) is 0. The maximum Gasteiger partial charge on any atom is 0.328 e. The minimum atomic E-state index is -3.93. The van der Waals surface area contributed by atoms with Crippen molar-refractivity contribution in [2.45, 2.75) is 10.9 Å². The summed E-state index contributed by atoms with van der Waals surface area (Å²) >= 11 is 0. The summed E-state index contributed by atoms with van der Waals surface area (Å²) in [5.74, 6) is -2.07. The molecular weight excluding hydrogens is 355 g/mol. The lowest BCUT2D eigenvalue weighted by molar-refractivity contribution is -0.132. The van der Waals surface area contributed by atoms with E-state index in [4.69, 9.17) is 5.73 Å². The summed E-state index contributed by atoms with van der Waals surface area (Å²) in [5, 5.41) is 0. The number of carbonyl (C=O) groups is 3. The Morgan fingerprint density at radius 3 is 2.44 bits per heavy atom. The Morgan fingerprint density at radius 2 is 1.84 bits per heavy atom. The van der Waals surface area contributed by atoms with E-state index in [0.717, 1.165) is 33.5 Å². The molecule has 4 amide bonds. The molecule has 3 rings (SSSR count). The smallest absolute Gasteiger partial charge is 0.328 e. The summed E-state index contributed by atoms with van der Waals surface area (Å²) in [5.41, 5.74) is 5.03. The molecule has 25 heavy (non-hydrogen) atoms. The van der Waals surface area contributed by atoms with Crippen molar-refractivity contribution in [1.82, 2.24) is 14.1 Å². The number of nitrogens with zero attached hydrogens (tertiary/aromatic N) is 3. The third-order valence-electron chi connectivity index (χ3n) is 4.14. The number of urea groups is 1. The minimum Gasteiger partial charge on any atom is -0.368 e. The highest BCUT2D eigenvalue weighted by Crippen LogP contribution is 2.25. The quantitative estimate of drug-likeness (QED) is 0.678. The average Bonchev–Trinajstić information content (AvgIpc) is 2.79. The van der Waals surface area contributed by atoms with Crippen LogP contribution in [0.3, 0.4) is 0 Å². The second kappa shape index (κ2) is 6.08. The molecule has 1 atom stereocenters. The van der Waals surface area contributed by atoms with Crippen LogP contribution in [0.1, 0.15) is 0 Å². The van der Waals surface area contributed by atoms with E-state index in [2.05, 4.69) is 0 Å². The number of sulfonamides is 1. The van der Waals surface area contributed by atoms with Crippen molar-refractivity contribution >= 4 is 27.9 Å². The van der Waals surface area contributed by atoms with E-state index in [-0.39, 0.29) is 24.5 Å². The van der Waals surface area contributed by atoms with Gasteiger partial charge in [-0.1, -0.05) is 0 Å². The lowest BCUT2D eigenvalue weighted by Crippen LogP contribution is -2.54. The second-order valence-corrected chi connectivity index (χ2v) is 7.64. The van der Waals surface area contributed by atoms with Crippen LogP contribution in [0.2, 0.25) is 0 Å². The summed E-state index contributed by atoms with van der Waals surface area (Å²) in [7, 11) is -3.93. The molecular formula is C14H15FN4O5S. The van der Waals surface area contributed by atoms with Crippen LogP contribution in [0.4, 0.5) is 9.18 Å². The SMILES string of the molecule is NC(=O)CN1C(=O)[C@@H]2CN(S(=O)(=O)c3ccc(F)cc3)CCN2C1=O. The van der Waals surface area contributed by atoms with Gasteiger partial charge in [-0.3, -0.25) is 14.5 Å². The van der Waals surface area contributed by atoms with Gasteiger partial charge >= 0.3 is 6.03 Å². The first-order valence-electron chi connectivity index (χ1n) is 7.38. The van der Waals surface area contributed by atoms with Crippen LogP contribution in [0.5, 0.6) is 0 Å². The second-order valence-electron chi connectivity index (χ2n) is 5.70. The molecule has 0 aliphatic carbocycles. The number of hydrogen-bond acceptors (Lipinski definition) is 5. The van der Waals surface area contributed by atoms with Crippen molar-refractivity contribution < 1.29 is 27.2 Å². The van der Waals surface area contributed by atoms with Gasteiger partial charge in [-0.25, -0.2) is 17.6 Å². The molecule has 2 heterocycles. The molecule has 0 saturated carbocycles. The Labute approximate surface area is 142 Å². The average molecular weight is 370 g/mol. The maximum atomic E-state index is 13.0. The lowest BCUT2D eigenvalue weighted by Gasteiger charge is -2.34. The van der Waals surface area contributed by atoms with Crippen molar-refractivity contribution in [3.63, 3.8) is 0 Å². The number of rotatable bonds is 4. The molecule has 0 unspecified atom stereocenters. The molecule has 2 aliphatic heterocycles. The topological polar surface area (TPSA) is 121 Å². The number of amides is 4. The first-order valence-corrected chi connectivity index (χ1v) is 8.82. The normalized spacial score (nSPS) is 21.6. The molecule has 11 heteroatoms. The largest absolute Gasteiger partial charge is 0.368 e. The zero-order chi connectivity index (χ0) is 18.4. The van der Waals surface area contributed by atoms with Crippen LogP contribution in [0.25, 0.3) is 0 Å². The molecule has 134 valence electrons. The highest BCUT2D eigenvalue weighted by atomic mass is 32.2. The van der Waals surface area contributed by atoms with E-state index in [1.54, 1.807) is 0 Å². The monoisotopic (exact) mass is 370 g/mol. The highest BCUT2D eigenvalue weighted by Gasteiger charge is 2.49. The molecule has 2 fully saturated rings. The van der Waals surface area contributed by atoms with Crippen LogP contribution in [-0.4, -0.2) is 72.6 Å². The molecule has 0 bridgehead atoms. The fourth-order valence-electron chi connectivity index (χ4n) is 2.90. The number of primary amides is 1. The van der Waals surface area contributed by atoms with Gasteiger partial charge in [0.2, 0.25) is 15.9 Å². The molecule has 0 aromatic heterocycles. The van der Waals surface area contributed by atoms with E-state index >= 15 is 0 Å². The number of fused-ring (bicyclic) bond motifs is 1. The number of carbonyl (C=O) groups excluding carboxylic acids is 3. The van der Waals surface area contributed by atoms with Gasteiger partial charge in [0.15, 0.2) is 0 Å². The van der Waals surface area contributed by atoms with Gasteiger partial charge in [0, 0.05) is 19.6 Å². The standard InChI is InChI=1S/C14H15FN4O5S/c15-9-1-3-10(4-2-9)25(23,24)17-5-6-18-11(7-17)13(21)19(14(18)22)8-12(16)20/h1-4,11H,5-8H2,(H2,16,20)/t11-/m0/s1. The molecule has 2 aliphatic rings.